The molecular formula is C12H23NO3. The van der Waals surface area contributed by atoms with E-state index >= 15 is 0 Å². The van der Waals surface area contributed by atoms with Crippen molar-refractivity contribution in [1.29, 1.82) is 0 Å². The van der Waals surface area contributed by atoms with Gasteiger partial charge in [-0.15, -0.1) is 0 Å². The summed E-state index contributed by atoms with van der Waals surface area (Å²) in [7, 11) is 0. The Hall–Kier alpha value is -0.610. The molecule has 1 N–H and O–H groups in total. The van der Waals surface area contributed by atoms with Crippen molar-refractivity contribution in [2.24, 2.45) is 0 Å². The molecule has 1 rings (SSSR count). The summed E-state index contributed by atoms with van der Waals surface area (Å²) in [5.41, 5.74) is 0. The van der Waals surface area contributed by atoms with Gasteiger partial charge in [0.15, 0.2) is 6.23 Å². The van der Waals surface area contributed by atoms with Crippen LogP contribution in [0.4, 0.5) is 0 Å². The van der Waals surface area contributed by atoms with Crippen LogP contribution in [0.3, 0.4) is 0 Å². The summed E-state index contributed by atoms with van der Waals surface area (Å²) in [6, 6.07) is 0. The van der Waals surface area contributed by atoms with Gasteiger partial charge in [0.2, 0.25) is 5.91 Å². The van der Waals surface area contributed by atoms with E-state index in [1.165, 1.54) is 6.92 Å². The molecule has 0 aliphatic carbocycles. The van der Waals surface area contributed by atoms with Crippen molar-refractivity contribution >= 4 is 5.91 Å². The van der Waals surface area contributed by atoms with Crippen LogP contribution in [0, 0.1) is 0 Å². The maximum absolute atomic E-state index is 11.1. The molecule has 1 heterocycles. The van der Waals surface area contributed by atoms with Crippen LogP contribution >= 0.6 is 0 Å². The fraction of sp³-hybridized carbons (Fsp3) is 0.917. The van der Waals surface area contributed by atoms with E-state index in [0.29, 0.717) is 6.61 Å². The molecule has 0 unspecified atom stereocenters. The number of amides is 1. The first kappa shape index (κ1) is 13.5. The van der Waals surface area contributed by atoms with E-state index < -0.39 is 0 Å². The molecule has 1 aliphatic heterocycles. The van der Waals surface area contributed by atoms with E-state index in [4.69, 9.17) is 9.47 Å². The number of ether oxygens (including phenoxy) is 2. The van der Waals surface area contributed by atoms with Gasteiger partial charge < -0.3 is 14.8 Å². The molecular weight excluding hydrogens is 206 g/mol. The van der Waals surface area contributed by atoms with Crippen LogP contribution in [0.15, 0.2) is 0 Å². The Balaban J connectivity index is 2.37. The van der Waals surface area contributed by atoms with E-state index in [1.807, 2.05) is 0 Å². The quantitative estimate of drug-likeness (QED) is 0.558. The molecule has 4 heteroatoms. The SMILES string of the molecule is CCCCO[C@H](NC(C)=O)[C@@H]1CCCCO1. The first-order valence-corrected chi connectivity index (χ1v) is 6.24. The number of hydrogen-bond acceptors (Lipinski definition) is 3. The van der Waals surface area contributed by atoms with Crippen molar-refractivity contribution in [3.05, 3.63) is 0 Å². The van der Waals surface area contributed by atoms with E-state index in [2.05, 4.69) is 12.2 Å². The normalized spacial score (nSPS) is 22.8. The van der Waals surface area contributed by atoms with Crippen molar-refractivity contribution in [2.75, 3.05) is 13.2 Å². The number of hydrogen-bond donors (Lipinski definition) is 1. The zero-order valence-electron chi connectivity index (χ0n) is 10.3. The number of nitrogens with one attached hydrogen (secondary N) is 1. The van der Waals surface area contributed by atoms with E-state index in [9.17, 15) is 4.79 Å². The Kier molecular flexibility index (Phi) is 6.42. The van der Waals surface area contributed by atoms with Crippen molar-refractivity contribution < 1.29 is 14.3 Å². The predicted octanol–water partition coefficient (Wildman–Crippen LogP) is 1.83. The second-order valence-corrected chi connectivity index (χ2v) is 4.25. The second-order valence-electron chi connectivity index (χ2n) is 4.25. The van der Waals surface area contributed by atoms with Crippen LogP contribution in [0.5, 0.6) is 0 Å². The number of unbranched alkanes of at least 4 members (excludes halogenated alkanes) is 1. The van der Waals surface area contributed by atoms with Gasteiger partial charge in [-0.2, -0.15) is 0 Å². The third-order valence-electron chi connectivity index (χ3n) is 2.69. The third-order valence-corrected chi connectivity index (χ3v) is 2.69. The van der Waals surface area contributed by atoms with E-state index in [1.54, 1.807) is 0 Å². The highest BCUT2D eigenvalue weighted by Gasteiger charge is 2.25. The van der Waals surface area contributed by atoms with Crippen molar-refractivity contribution in [2.45, 2.75) is 58.3 Å². The lowest BCUT2D eigenvalue weighted by molar-refractivity contribution is -0.135. The molecule has 94 valence electrons. The van der Waals surface area contributed by atoms with Gasteiger partial charge in [-0.25, -0.2) is 0 Å². The Labute approximate surface area is 97.7 Å². The number of carbonyl (C=O) groups excluding carboxylic acids is 1. The topological polar surface area (TPSA) is 47.6 Å². The Morgan fingerprint density at radius 1 is 1.56 bits per heavy atom. The van der Waals surface area contributed by atoms with Crippen LogP contribution in [0.1, 0.15) is 46.0 Å². The van der Waals surface area contributed by atoms with Crippen molar-refractivity contribution in [1.82, 2.24) is 5.32 Å². The molecule has 2 atom stereocenters. The molecule has 1 saturated heterocycles. The first-order valence-electron chi connectivity index (χ1n) is 6.24. The van der Waals surface area contributed by atoms with Crippen LogP contribution in [0.25, 0.3) is 0 Å². The molecule has 0 saturated carbocycles. The van der Waals surface area contributed by atoms with Gasteiger partial charge in [0.05, 0.1) is 0 Å². The summed E-state index contributed by atoms with van der Waals surface area (Å²) in [5, 5.41) is 2.82. The molecule has 0 bridgehead atoms. The largest absolute Gasteiger partial charge is 0.374 e. The van der Waals surface area contributed by atoms with Crippen LogP contribution in [-0.4, -0.2) is 31.5 Å². The highest BCUT2D eigenvalue weighted by molar-refractivity contribution is 5.73. The molecule has 0 aromatic heterocycles. The van der Waals surface area contributed by atoms with Crippen LogP contribution in [-0.2, 0) is 14.3 Å². The van der Waals surface area contributed by atoms with E-state index in [0.717, 1.165) is 38.7 Å². The summed E-state index contributed by atoms with van der Waals surface area (Å²) in [4.78, 5) is 11.1. The molecule has 0 radical (unpaired) electrons. The fourth-order valence-electron chi connectivity index (χ4n) is 1.80. The Morgan fingerprint density at radius 2 is 2.38 bits per heavy atom. The van der Waals surface area contributed by atoms with Gasteiger partial charge >= 0.3 is 0 Å². The summed E-state index contributed by atoms with van der Waals surface area (Å²) >= 11 is 0. The molecule has 0 spiro atoms. The highest BCUT2D eigenvalue weighted by Crippen LogP contribution is 2.17. The van der Waals surface area contributed by atoms with Gasteiger partial charge in [0.25, 0.3) is 0 Å². The lowest BCUT2D eigenvalue weighted by atomic mass is 10.1. The van der Waals surface area contributed by atoms with Crippen LogP contribution < -0.4 is 5.32 Å². The average molecular weight is 229 g/mol. The Bertz CT molecular complexity index is 202. The standard InChI is InChI=1S/C12H23NO3/c1-3-4-8-16-12(13-10(2)14)11-7-5-6-9-15-11/h11-12H,3-9H2,1-2H3,(H,13,14)/t11-,12-/m0/s1. The monoisotopic (exact) mass is 229 g/mol. The third kappa shape index (κ3) is 4.94. The number of carbonyl (C=O) groups is 1. The lowest BCUT2D eigenvalue weighted by Crippen LogP contribution is -2.46. The minimum absolute atomic E-state index is 0.0227. The summed E-state index contributed by atoms with van der Waals surface area (Å²) in [5.74, 6) is -0.0596. The Morgan fingerprint density at radius 3 is 2.94 bits per heavy atom. The van der Waals surface area contributed by atoms with Gasteiger partial charge in [-0.3, -0.25) is 4.79 Å². The highest BCUT2D eigenvalue weighted by atomic mass is 16.5. The minimum atomic E-state index is -0.274. The minimum Gasteiger partial charge on any atom is -0.374 e. The van der Waals surface area contributed by atoms with Crippen LogP contribution in [0.2, 0.25) is 0 Å². The zero-order chi connectivity index (χ0) is 11.8. The smallest absolute Gasteiger partial charge is 0.218 e. The zero-order valence-corrected chi connectivity index (χ0v) is 10.3. The molecule has 0 aromatic carbocycles. The average Bonchev–Trinajstić information content (AvgIpc) is 2.29. The second kappa shape index (κ2) is 7.63. The predicted molar refractivity (Wildman–Crippen MR) is 62.1 cm³/mol. The summed E-state index contributed by atoms with van der Waals surface area (Å²) < 4.78 is 11.3. The fourth-order valence-corrected chi connectivity index (χ4v) is 1.80. The molecule has 1 amide bonds. The van der Waals surface area contributed by atoms with E-state index in [-0.39, 0.29) is 18.2 Å². The first-order chi connectivity index (χ1) is 7.74. The summed E-state index contributed by atoms with van der Waals surface area (Å²) in [6.45, 7) is 5.09. The molecule has 4 nitrogen and oxygen atoms in total. The molecule has 1 aliphatic rings. The van der Waals surface area contributed by atoms with Crippen molar-refractivity contribution in [3.8, 4) is 0 Å². The maximum atomic E-state index is 11.1. The van der Waals surface area contributed by atoms with Crippen molar-refractivity contribution in [3.63, 3.8) is 0 Å². The van der Waals surface area contributed by atoms with Gasteiger partial charge in [0.1, 0.15) is 6.10 Å². The van der Waals surface area contributed by atoms with Gasteiger partial charge in [0, 0.05) is 20.1 Å². The van der Waals surface area contributed by atoms with Gasteiger partial charge in [-0.1, -0.05) is 13.3 Å². The molecule has 0 aromatic rings. The van der Waals surface area contributed by atoms with Gasteiger partial charge in [-0.05, 0) is 25.7 Å². The maximum Gasteiger partial charge on any atom is 0.218 e. The molecule has 1 fully saturated rings. The number of rotatable bonds is 6. The lowest BCUT2D eigenvalue weighted by Gasteiger charge is -2.30. The summed E-state index contributed by atoms with van der Waals surface area (Å²) in [6.07, 6.45) is 5.09. The molecule has 16 heavy (non-hydrogen) atoms.